The van der Waals surface area contributed by atoms with Crippen molar-refractivity contribution in [1.29, 1.82) is 0 Å². The quantitative estimate of drug-likeness (QED) is 0.282. The highest BCUT2D eigenvalue weighted by Gasteiger charge is 2.66. The summed E-state index contributed by atoms with van der Waals surface area (Å²) in [6, 6.07) is 30.0. The Hall–Kier alpha value is -3.65. The second-order valence-electron chi connectivity index (χ2n) is 8.98. The number of carboxylic acids is 1. The lowest BCUT2D eigenvalue weighted by Crippen LogP contribution is -2.45. The normalized spacial score (nSPS) is 18.9. The Morgan fingerprint density at radius 1 is 0.892 bits per heavy atom. The summed E-state index contributed by atoms with van der Waals surface area (Å²) in [6.45, 7) is 0. The van der Waals surface area contributed by atoms with Gasteiger partial charge in [-0.05, 0) is 71.6 Å². The number of likely N-dealkylation sites (N-methyl/N-ethyl adjacent to an activating group) is 1. The van der Waals surface area contributed by atoms with E-state index in [1.165, 1.54) is 19.2 Å². The molecule has 0 radical (unpaired) electrons. The number of carboxylic acid groups (broad SMARTS) is 1. The minimum atomic E-state index is -4.08. The van der Waals surface area contributed by atoms with E-state index in [4.69, 9.17) is 16.3 Å². The van der Waals surface area contributed by atoms with Crippen LogP contribution in [0.4, 0.5) is 0 Å². The molecule has 0 aromatic heterocycles. The highest BCUT2D eigenvalue weighted by Crippen LogP contribution is 2.57. The van der Waals surface area contributed by atoms with Gasteiger partial charge in [0, 0.05) is 18.0 Å². The van der Waals surface area contributed by atoms with Crippen molar-refractivity contribution < 1.29 is 23.1 Å². The molecule has 0 amide bonds. The minimum Gasteiger partial charge on any atom is -0.480 e. The van der Waals surface area contributed by atoms with Crippen LogP contribution in [0, 0.1) is 0 Å². The molecule has 1 saturated carbocycles. The van der Waals surface area contributed by atoms with Crippen molar-refractivity contribution in [1.82, 2.24) is 4.31 Å². The number of halogens is 1. The van der Waals surface area contributed by atoms with Crippen LogP contribution in [-0.2, 0) is 14.8 Å². The number of ether oxygens (including phenoxy) is 1. The summed E-state index contributed by atoms with van der Waals surface area (Å²) >= 11 is 5.95. The zero-order valence-corrected chi connectivity index (χ0v) is 21.5. The van der Waals surface area contributed by atoms with E-state index >= 15 is 0 Å². The number of rotatable bonds is 8. The van der Waals surface area contributed by atoms with Crippen LogP contribution in [0.25, 0.3) is 11.1 Å². The highest BCUT2D eigenvalue weighted by atomic mass is 35.5. The molecular formula is C29H24ClNO5S. The Bertz CT molecular complexity index is 1540. The number of para-hydroxylation sites is 1. The zero-order valence-electron chi connectivity index (χ0n) is 19.9. The largest absolute Gasteiger partial charge is 0.480 e. The van der Waals surface area contributed by atoms with Crippen LogP contribution in [0.1, 0.15) is 17.9 Å². The van der Waals surface area contributed by atoms with E-state index in [1.807, 2.05) is 42.5 Å². The summed E-state index contributed by atoms with van der Waals surface area (Å²) in [6.07, 6.45) is 0.162. The predicted molar refractivity (Wildman–Crippen MR) is 143 cm³/mol. The third-order valence-electron chi connectivity index (χ3n) is 6.79. The molecule has 0 bridgehead atoms. The number of aliphatic carboxylic acids is 1. The lowest BCUT2D eigenvalue weighted by Gasteiger charge is -2.25. The van der Waals surface area contributed by atoms with Crippen LogP contribution >= 0.6 is 11.6 Å². The second kappa shape index (κ2) is 9.67. The molecule has 188 valence electrons. The third kappa shape index (κ3) is 4.73. The average molecular weight is 534 g/mol. The first kappa shape index (κ1) is 25.0. The van der Waals surface area contributed by atoms with E-state index in [0.29, 0.717) is 22.1 Å². The Morgan fingerprint density at radius 3 is 2.11 bits per heavy atom. The number of nitrogens with zero attached hydrogens (tertiary/aromatic N) is 1. The number of benzene rings is 4. The predicted octanol–water partition coefficient (Wildman–Crippen LogP) is 6.43. The van der Waals surface area contributed by atoms with Gasteiger partial charge in [-0.25, -0.2) is 8.42 Å². The van der Waals surface area contributed by atoms with Gasteiger partial charge in [0.15, 0.2) is 0 Å². The molecule has 5 rings (SSSR count). The van der Waals surface area contributed by atoms with Crippen molar-refractivity contribution in [3.05, 3.63) is 114 Å². The molecule has 6 nitrogen and oxygen atoms in total. The van der Waals surface area contributed by atoms with Crippen molar-refractivity contribution in [2.24, 2.45) is 0 Å². The summed E-state index contributed by atoms with van der Waals surface area (Å²) in [4.78, 5) is 12.5. The van der Waals surface area contributed by atoms with Gasteiger partial charge in [-0.3, -0.25) is 4.79 Å². The maximum Gasteiger partial charge on any atom is 0.325 e. The van der Waals surface area contributed by atoms with Crippen molar-refractivity contribution in [2.75, 3.05) is 7.05 Å². The Morgan fingerprint density at radius 2 is 1.49 bits per heavy atom. The van der Waals surface area contributed by atoms with Crippen molar-refractivity contribution in [3.8, 4) is 22.6 Å². The van der Waals surface area contributed by atoms with E-state index in [9.17, 15) is 18.3 Å². The van der Waals surface area contributed by atoms with Gasteiger partial charge in [-0.15, -0.1) is 0 Å². The number of hydrogen-bond acceptors (Lipinski definition) is 4. The first-order chi connectivity index (χ1) is 17.7. The Kier molecular flexibility index (Phi) is 6.54. The molecular weight excluding hydrogens is 510 g/mol. The van der Waals surface area contributed by atoms with E-state index in [2.05, 4.69) is 0 Å². The summed E-state index contributed by atoms with van der Waals surface area (Å²) in [5.41, 5.74) is 0.837. The topological polar surface area (TPSA) is 83.9 Å². The van der Waals surface area contributed by atoms with Crippen molar-refractivity contribution in [3.63, 3.8) is 0 Å². The molecule has 2 atom stereocenters. The standard InChI is InChI=1S/C29H24ClNO5S/c1-31(37(34,35)26-16-12-21(13-17-26)20-10-14-23(30)15-11-20)29(28(32)33)19-27(29)22-6-5-9-25(18-22)36-24-7-3-2-4-8-24/h2-18,27H,19H2,1H3,(H,32,33). The molecule has 0 spiro atoms. The van der Waals surface area contributed by atoms with Crippen molar-refractivity contribution >= 4 is 27.6 Å². The molecule has 2 unspecified atom stereocenters. The van der Waals surface area contributed by atoms with Crippen LogP contribution in [0.2, 0.25) is 5.02 Å². The maximum absolute atomic E-state index is 13.5. The molecule has 8 heteroatoms. The van der Waals surface area contributed by atoms with E-state index in [0.717, 1.165) is 15.4 Å². The molecule has 4 aromatic rings. The van der Waals surface area contributed by atoms with E-state index in [1.54, 1.807) is 48.5 Å². The molecule has 4 aromatic carbocycles. The smallest absolute Gasteiger partial charge is 0.325 e. The van der Waals surface area contributed by atoms with Gasteiger partial charge in [0.1, 0.15) is 17.0 Å². The first-order valence-corrected chi connectivity index (χ1v) is 13.4. The lowest BCUT2D eigenvalue weighted by molar-refractivity contribution is -0.142. The molecule has 1 N–H and O–H groups in total. The van der Waals surface area contributed by atoms with Gasteiger partial charge in [0.2, 0.25) is 10.0 Å². The van der Waals surface area contributed by atoms with Gasteiger partial charge in [-0.1, -0.05) is 66.2 Å². The van der Waals surface area contributed by atoms with Crippen LogP contribution in [-0.4, -0.2) is 36.4 Å². The average Bonchev–Trinajstić information content (AvgIpc) is 3.67. The van der Waals surface area contributed by atoms with Gasteiger partial charge < -0.3 is 9.84 Å². The molecule has 1 aliphatic carbocycles. The van der Waals surface area contributed by atoms with Gasteiger partial charge in [0.25, 0.3) is 0 Å². The van der Waals surface area contributed by atoms with Crippen LogP contribution in [0.3, 0.4) is 0 Å². The second-order valence-corrected chi connectivity index (χ2v) is 11.4. The Labute approximate surface area is 220 Å². The fourth-order valence-corrected chi connectivity index (χ4v) is 6.25. The minimum absolute atomic E-state index is 0.0279. The molecule has 1 fully saturated rings. The van der Waals surface area contributed by atoms with Gasteiger partial charge in [-0.2, -0.15) is 4.31 Å². The Balaban J connectivity index is 1.40. The molecule has 37 heavy (non-hydrogen) atoms. The lowest BCUT2D eigenvalue weighted by atomic mass is 10.1. The van der Waals surface area contributed by atoms with Crippen LogP contribution in [0.15, 0.2) is 108 Å². The number of carbonyl (C=O) groups is 1. The summed E-state index contributed by atoms with van der Waals surface area (Å²) < 4.78 is 33.9. The fraction of sp³-hybridized carbons (Fsp3) is 0.138. The summed E-state index contributed by atoms with van der Waals surface area (Å²) in [7, 11) is -2.75. The number of hydrogen-bond donors (Lipinski definition) is 1. The number of sulfonamides is 1. The maximum atomic E-state index is 13.5. The van der Waals surface area contributed by atoms with E-state index in [-0.39, 0.29) is 11.3 Å². The third-order valence-corrected chi connectivity index (χ3v) is 8.96. The van der Waals surface area contributed by atoms with Gasteiger partial charge >= 0.3 is 5.97 Å². The molecule has 1 aliphatic rings. The molecule has 0 heterocycles. The fourth-order valence-electron chi connectivity index (χ4n) is 4.62. The molecule has 0 aliphatic heterocycles. The van der Waals surface area contributed by atoms with Crippen LogP contribution < -0.4 is 4.74 Å². The van der Waals surface area contributed by atoms with Crippen molar-refractivity contribution in [2.45, 2.75) is 22.8 Å². The van der Waals surface area contributed by atoms with Crippen LogP contribution in [0.5, 0.6) is 11.5 Å². The van der Waals surface area contributed by atoms with Gasteiger partial charge in [0.05, 0.1) is 4.90 Å². The highest BCUT2D eigenvalue weighted by molar-refractivity contribution is 7.89. The summed E-state index contributed by atoms with van der Waals surface area (Å²) in [5, 5.41) is 10.8. The van der Waals surface area contributed by atoms with E-state index < -0.39 is 27.4 Å². The monoisotopic (exact) mass is 533 g/mol. The first-order valence-electron chi connectivity index (χ1n) is 11.6. The summed E-state index contributed by atoms with van der Waals surface area (Å²) in [5.74, 6) is -0.493. The zero-order chi connectivity index (χ0) is 26.2. The molecule has 0 saturated heterocycles. The SMILES string of the molecule is CN(C1(C(=O)O)CC1c1cccc(Oc2ccccc2)c1)S(=O)(=O)c1ccc(-c2ccc(Cl)cc2)cc1.